The van der Waals surface area contributed by atoms with Crippen molar-refractivity contribution < 1.29 is 9.90 Å². The highest BCUT2D eigenvalue weighted by atomic mass is 16.4. The van der Waals surface area contributed by atoms with Crippen molar-refractivity contribution in [1.29, 1.82) is 0 Å². The maximum atomic E-state index is 9.25. The lowest BCUT2D eigenvalue weighted by molar-refractivity contribution is -0.131. The second kappa shape index (κ2) is 23.2. The molecule has 0 saturated carbocycles. The van der Waals surface area contributed by atoms with Gasteiger partial charge in [-0.15, -0.1) is 0 Å². The van der Waals surface area contributed by atoms with Crippen LogP contribution in [0, 0.1) is 5.92 Å². The third-order valence-electron chi connectivity index (χ3n) is 4.56. The van der Waals surface area contributed by atoms with E-state index in [-0.39, 0.29) is 0 Å². The van der Waals surface area contributed by atoms with Crippen LogP contribution in [0.1, 0.15) is 124 Å². The molecule has 0 spiro atoms. The summed E-state index contributed by atoms with van der Waals surface area (Å²) >= 11 is 0. The number of hydrogen-bond acceptors (Lipinski definition) is 1. The average molecular weight is 355 g/mol. The molecule has 1 N–H and O–H groups in total. The predicted octanol–water partition coefficient (Wildman–Crippen LogP) is 8.16. The van der Waals surface area contributed by atoms with Gasteiger partial charge in [0.15, 0.2) is 0 Å². The maximum absolute atomic E-state index is 9.25. The second-order valence-corrected chi connectivity index (χ2v) is 7.67. The van der Waals surface area contributed by atoms with Gasteiger partial charge in [-0.2, -0.15) is 0 Å². The van der Waals surface area contributed by atoms with E-state index in [1.54, 1.807) is 0 Å². The van der Waals surface area contributed by atoms with Gasteiger partial charge in [-0.25, -0.2) is 4.79 Å². The molecule has 0 radical (unpaired) electrons. The maximum Gasteiger partial charge on any atom is 0.327 e. The van der Waals surface area contributed by atoms with Gasteiger partial charge in [-0.3, -0.25) is 0 Å². The molecule has 0 aromatic rings. The van der Waals surface area contributed by atoms with Crippen molar-refractivity contribution in [1.82, 2.24) is 0 Å². The van der Waals surface area contributed by atoms with Crippen molar-refractivity contribution in [3.63, 3.8) is 0 Å². The van der Waals surface area contributed by atoms with Crippen molar-refractivity contribution in [2.75, 3.05) is 0 Å². The normalized spacial score (nSPS) is 10.4. The van der Waals surface area contributed by atoms with E-state index in [0.29, 0.717) is 0 Å². The van der Waals surface area contributed by atoms with Crippen LogP contribution in [0.4, 0.5) is 0 Å². The third-order valence-corrected chi connectivity index (χ3v) is 4.56. The Balaban J connectivity index is 0. The van der Waals surface area contributed by atoms with Crippen LogP contribution in [0.25, 0.3) is 0 Å². The highest BCUT2D eigenvalue weighted by Crippen LogP contribution is 2.14. The van der Waals surface area contributed by atoms with Gasteiger partial charge in [0.25, 0.3) is 0 Å². The fraction of sp³-hybridized carbons (Fsp3) is 0.870. The molecular weight excluding hydrogens is 308 g/mol. The molecule has 2 heteroatoms. The van der Waals surface area contributed by atoms with Gasteiger partial charge in [0.1, 0.15) is 0 Å². The van der Waals surface area contributed by atoms with E-state index < -0.39 is 5.97 Å². The number of unbranched alkanes of at least 4 members (excludes halogenated alkanes) is 14. The highest BCUT2D eigenvalue weighted by Gasteiger charge is 1.95. The fourth-order valence-corrected chi connectivity index (χ4v) is 2.92. The van der Waals surface area contributed by atoms with E-state index >= 15 is 0 Å². The first-order valence-electron chi connectivity index (χ1n) is 10.9. The number of carboxylic acid groups (broad SMARTS) is 1. The average Bonchev–Trinajstić information content (AvgIpc) is 2.58. The summed E-state index contributed by atoms with van der Waals surface area (Å²) < 4.78 is 0. The van der Waals surface area contributed by atoms with E-state index in [2.05, 4.69) is 27.4 Å². The monoisotopic (exact) mass is 354 g/mol. The zero-order valence-electron chi connectivity index (χ0n) is 17.5. The van der Waals surface area contributed by atoms with Gasteiger partial charge in [-0.05, 0) is 5.92 Å². The third kappa shape index (κ3) is 31.5. The first-order chi connectivity index (χ1) is 12.0. The van der Waals surface area contributed by atoms with Crippen molar-refractivity contribution >= 4 is 5.97 Å². The first kappa shape index (κ1) is 26.4. The number of aliphatic carboxylic acids is 1. The predicted molar refractivity (Wildman–Crippen MR) is 112 cm³/mol. The van der Waals surface area contributed by atoms with E-state index in [1.807, 2.05) is 0 Å². The Labute approximate surface area is 158 Å². The van der Waals surface area contributed by atoms with Crippen LogP contribution in [0.2, 0.25) is 0 Å². The SMILES string of the molecule is C=CC(=O)O.CCCCCCCCCCCCCCCCCC(C)C. The van der Waals surface area contributed by atoms with E-state index in [9.17, 15) is 4.79 Å². The molecule has 0 rings (SSSR count). The quantitative estimate of drug-likeness (QED) is 0.211. The molecule has 0 aliphatic carbocycles. The zero-order valence-corrected chi connectivity index (χ0v) is 17.5. The summed E-state index contributed by atoms with van der Waals surface area (Å²) in [6.07, 6.45) is 24.3. The molecule has 0 fully saturated rings. The minimum absolute atomic E-state index is 0.833. The molecule has 2 nitrogen and oxygen atoms in total. The molecule has 25 heavy (non-hydrogen) atoms. The fourth-order valence-electron chi connectivity index (χ4n) is 2.92. The zero-order chi connectivity index (χ0) is 19.2. The Morgan fingerprint density at radius 3 is 1.28 bits per heavy atom. The van der Waals surface area contributed by atoms with Crippen LogP contribution in [0.3, 0.4) is 0 Å². The summed E-state index contributed by atoms with van der Waals surface area (Å²) in [6.45, 7) is 9.93. The molecule has 0 aromatic carbocycles. The molecule has 150 valence electrons. The largest absolute Gasteiger partial charge is 0.478 e. The summed E-state index contributed by atoms with van der Waals surface area (Å²) in [5.74, 6) is -0.0815. The van der Waals surface area contributed by atoms with Crippen molar-refractivity contribution in [3.8, 4) is 0 Å². The number of rotatable bonds is 17. The lowest BCUT2D eigenvalue weighted by atomic mass is 10.0. The minimum atomic E-state index is -0.981. The van der Waals surface area contributed by atoms with Crippen LogP contribution in [0.5, 0.6) is 0 Å². The molecule has 0 saturated heterocycles. The summed E-state index contributed by atoms with van der Waals surface area (Å²) in [7, 11) is 0. The van der Waals surface area contributed by atoms with Gasteiger partial charge >= 0.3 is 5.97 Å². The van der Waals surface area contributed by atoms with E-state index in [0.717, 1.165) is 12.0 Å². The van der Waals surface area contributed by atoms with Gasteiger partial charge < -0.3 is 5.11 Å². The molecule has 0 aliphatic heterocycles. The molecule has 0 atom stereocenters. The number of carbonyl (C=O) groups is 1. The van der Waals surface area contributed by atoms with Gasteiger partial charge in [0, 0.05) is 6.08 Å². The van der Waals surface area contributed by atoms with Crippen LogP contribution in [-0.4, -0.2) is 11.1 Å². The van der Waals surface area contributed by atoms with Gasteiger partial charge in [0.05, 0.1) is 0 Å². The summed E-state index contributed by atoms with van der Waals surface area (Å²) in [6, 6.07) is 0. The smallest absolute Gasteiger partial charge is 0.327 e. The summed E-state index contributed by atoms with van der Waals surface area (Å²) in [5, 5.41) is 7.60. The first-order valence-corrected chi connectivity index (χ1v) is 10.9. The molecule has 0 bridgehead atoms. The molecule has 0 amide bonds. The second-order valence-electron chi connectivity index (χ2n) is 7.67. The van der Waals surface area contributed by atoms with E-state index in [4.69, 9.17) is 5.11 Å². The van der Waals surface area contributed by atoms with Crippen molar-refractivity contribution in [2.24, 2.45) is 5.92 Å². The van der Waals surface area contributed by atoms with Crippen LogP contribution >= 0.6 is 0 Å². The lowest BCUT2D eigenvalue weighted by Gasteiger charge is -2.05. The summed E-state index contributed by atoms with van der Waals surface area (Å²) in [4.78, 5) is 9.25. The Bertz CT molecular complexity index is 271. The Kier molecular flexibility index (Phi) is 24.5. The van der Waals surface area contributed by atoms with Crippen molar-refractivity contribution in [3.05, 3.63) is 12.7 Å². The molecule has 0 heterocycles. The molecule has 0 aromatic heterocycles. The molecule has 0 aliphatic rings. The number of carboxylic acids is 1. The van der Waals surface area contributed by atoms with E-state index in [1.165, 1.54) is 103 Å². The minimum Gasteiger partial charge on any atom is -0.478 e. The Morgan fingerprint density at radius 1 is 0.760 bits per heavy atom. The van der Waals surface area contributed by atoms with Crippen LogP contribution in [0.15, 0.2) is 12.7 Å². The highest BCUT2D eigenvalue weighted by molar-refractivity contribution is 5.78. The lowest BCUT2D eigenvalue weighted by Crippen LogP contribution is -1.87. The van der Waals surface area contributed by atoms with Gasteiger partial charge in [-0.1, -0.05) is 130 Å². The Hall–Kier alpha value is -0.790. The number of hydrogen-bond donors (Lipinski definition) is 1. The Morgan fingerprint density at radius 2 is 1.04 bits per heavy atom. The topological polar surface area (TPSA) is 37.3 Å². The molecule has 0 unspecified atom stereocenters. The van der Waals surface area contributed by atoms with Crippen molar-refractivity contribution in [2.45, 2.75) is 124 Å². The van der Waals surface area contributed by atoms with Gasteiger partial charge in [0.2, 0.25) is 0 Å². The molecular formula is C23H46O2. The summed E-state index contributed by atoms with van der Waals surface area (Å²) in [5.41, 5.74) is 0. The van der Waals surface area contributed by atoms with Crippen LogP contribution < -0.4 is 0 Å². The standard InChI is InChI=1S/C20H42.C3H4O2/c1-4-5-6-7-8-9-10-11-12-13-14-15-16-17-18-19-20(2)3;1-2-3(4)5/h20H,4-19H2,1-3H3;2H,1H2,(H,4,5). The van der Waals surface area contributed by atoms with Crippen LogP contribution in [-0.2, 0) is 4.79 Å².